The van der Waals surface area contributed by atoms with Crippen molar-refractivity contribution < 1.29 is 14.5 Å². The zero-order valence-electron chi connectivity index (χ0n) is 6.76. The largest absolute Gasteiger partial charge is 0.464 e. The van der Waals surface area contributed by atoms with Crippen LogP contribution in [-0.4, -0.2) is 23.0 Å². The molecule has 0 aromatic carbocycles. The first kappa shape index (κ1) is 9.11. The van der Waals surface area contributed by atoms with Gasteiger partial charge in [0.2, 0.25) is 5.69 Å². The van der Waals surface area contributed by atoms with Gasteiger partial charge in [0.25, 0.3) is 0 Å². The van der Waals surface area contributed by atoms with Crippen LogP contribution in [0.2, 0.25) is 0 Å². The number of nitro groups is 1. The summed E-state index contributed by atoms with van der Waals surface area (Å²) in [6.07, 6.45) is 1.29. The molecule has 0 unspecified atom stereocenters. The highest BCUT2D eigenvalue weighted by molar-refractivity contribution is 5.91. The Labute approximate surface area is 73.3 Å². The monoisotopic (exact) mass is 182 g/mol. The molecule has 0 spiro atoms. The lowest BCUT2D eigenvalue weighted by Crippen LogP contribution is -2.07. The maximum atomic E-state index is 10.9. The maximum absolute atomic E-state index is 10.9. The minimum atomic E-state index is -0.813. The molecule has 0 saturated heterocycles. The zero-order valence-corrected chi connectivity index (χ0v) is 6.76. The summed E-state index contributed by atoms with van der Waals surface area (Å²) >= 11 is 0. The van der Waals surface area contributed by atoms with Crippen LogP contribution in [0, 0.1) is 10.1 Å². The molecule has 0 aliphatic rings. The zero-order chi connectivity index (χ0) is 9.84. The molecule has 0 N–H and O–H groups in total. The summed E-state index contributed by atoms with van der Waals surface area (Å²) in [5.41, 5.74) is -0.635. The highest BCUT2D eigenvalue weighted by Crippen LogP contribution is 2.15. The number of pyridine rings is 1. The van der Waals surface area contributed by atoms with E-state index in [2.05, 4.69) is 9.72 Å². The van der Waals surface area contributed by atoms with Gasteiger partial charge in [0.15, 0.2) is 0 Å². The van der Waals surface area contributed by atoms with E-state index < -0.39 is 10.9 Å². The molecule has 0 atom stereocenters. The molecule has 0 fully saturated rings. The molecule has 1 aromatic heterocycles. The van der Waals surface area contributed by atoms with Crippen LogP contribution in [0.1, 0.15) is 10.5 Å². The third-order valence-electron chi connectivity index (χ3n) is 1.36. The summed E-state index contributed by atoms with van der Waals surface area (Å²) in [5, 5.41) is 10.4. The molecule has 0 saturated carbocycles. The molecule has 0 radical (unpaired) electrons. The van der Waals surface area contributed by atoms with Crippen molar-refractivity contribution in [2.24, 2.45) is 0 Å². The average Bonchev–Trinajstić information content (AvgIpc) is 2.16. The second kappa shape index (κ2) is 3.61. The first-order chi connectivity index (χ1) is 6.16. The molecule has 0 bridgehead atoms. The van der Waals surface area contributed by atoms with Crippen LogP contribution in [0.5, 0.6) is 0 Å². The van der Waals surface area contributed by atoms with E-state index in [9.17, 15) is 14.9 Å². The quantitative estimate of drug-likeness (QED) is 0.383. The van der Waals surface area contributed by atoms with Crippen LogP contribution >= 0.6 is 0 Å². The van der Waals surface area contributed by atoms with E-state index in [-0.39, 0.29) is 11.4 Å². The summed E-state index contributed by atoms with van der Waals surface area (Å²) in [5.74, 6) is -0.813. The van der Waals surface area contributed by atoms with Crippen LogP contribution in [0.4, 0.5) is 5.69 Å². The second-order valence-electron chi connectivity index (χ2n) is 2.12. The Bertz CT molecular complexity index is 350. The predicted octanol–water partition coefficient (Wildman–Crippen LogP) is 0.776. The summed E-state index contributed by atoms with van der Waals surface area (Å²) in [7, 11) is 1.14. The van der Waals surface area contributed by atoms with Crippen molar-refractivity contribution in [3.63, 3.8) is 0 Å². The number of esters is 1. The molecule has 1 heterocycles. The Balaban J connectivity index is 3.19. The maximum Gasteiger partial charge on any atom is 0.363 e. The Morgan fingerprint density at radius 3 is 2.92 bits per heavy atom. The normalized spacial score (nSPS) is 9.31. The Morgan fingerprint density at radius 1 is 1.69 bits per heavy atom. The molecule has 68 valence electrons. The van der Waals surface area contributed by atoms with Crippen molar-refractivity contribution >= 4 is 11.7 Å². The number of hydrogen-bond acceptors (Lipinski definition) is 5. The Morgan fingerprint density at radius 2 is 2.38 bits per heavy atom. The van der Waals surface area contributed by atoms with Crippen LogP contribution in [0.15, 0.2) is 18.3 Å². The lowest BCUT2D eigenvalue weighted by Gasteiger charge is -1.97. The smallest absolute Gasteiger partial charge is 0.363 e. The van der Waals surface area contributed by atoms with Gasteiger partial charge in [-0.3, -0.25) is 10.1 Å². The topological polar surface area (TPSA) is 82.3 Å². The van der Waals surface area contributed by atoms with Gasteiger partial charge in [0, 0.05) is 12.3 Å². The Kier molecular flexibility index (Phi) is 2.53. The lowest BCUT2D eigenvalue weighted by atomic mass is 10.3. The van der Waals surface area contributed by atoms with E-state index in [0.29, 0.717) is 0 Å². The van der Waals surface area contributed by atoms with Crippen molar-refractivity contribution in [1.29, 1.82) is 0 Å². The van der Waals surface area contributed by atoms with Crippen LogP contribution < -0.4 is 0 Å². The van der Waals surface area contributed by atoms with Crippen molar-refractivity contribution in [3.8, 4) is 0 Å². The second-order valence-corrected chi connectivity index (χ2v) is 2.12. The molecule has 6 heteroatoms. The summed E-state index contributed by atoms with van der Waals surface area (Å²) in [4.78, 5) is 24.2. The fourth-order valence-electron chi connectivity index (χ4n) is 0.798. The fourth-order valence-corrected chi connectivity index (χ4v) is 0.798. The summed E-state index contributed by atoms with van der Waals surface area (Å²) in [6, 6.07) is 2.57. The lowest BCUT2D eigenvalue weighted by molar-refractivity contribution is -0.385. The number of carbonyl (C=O) groups excluding carboxylic acids is 1. The van der Waals surface area contributed by atoms with E-state index in [4.69, 9.17) is 0 Å². The average molecular weight is 182 g/mol. The van der Waals surface area contributed by atoms with Gasteiger partial charge >= 0.3 is 11.7 Å². The van der Waals surface area contributed by atoms with E-state index in [1.54, 1.807) is 0 Å². The number of aromatic nitrogens is 1. The minimum absolute atomic E-state index is 0.282. The van der Waals surface area contributed by atoms with Gasteiger partial charge in [0.1, 0.15) is 0 Å². The van der Waals surface area contributed by atoms with Gasteiger partial charge in [-0.15, -0.1) is 0 Å². The molecule has 1 rings (SSSR count). The fraction of sp³-hybridized carbons (Fsp3) is 0.143. The number of rotatable bonds is 2. The number of methoxy groups -OCH3 is 1. The highest BCUT2D eigenvalue weighted by Gasteiger charge is 2.21. The number of carbonyl (C=O) groups is 1. The van der Waals surface area contributed by atoms with Crippen molar-refractivity contribution in [2.45, 2.75) is 0 Å². The van der Waals surface area contributed by atoms with Crippen molar-refractivity contribution in [2.75, 3.05) is 7.11 Å². The van der Waals surface area contributed by atoms with Crippen molar-refractivity contribution in [3.05, 3.63) is 34.1 Å². The van der Waals surface area contributed by atoms with E-state index in [1.165, 1.54) is 18.3 Å². The molecule has 0 aliphatic heterocycles. The molecular formula is C7H6N2O4. The third kappa shape index (κ3) is 1.78. The molecule has 6 nitrogen and oxygen atoms in total. The number of nitrogens with zero attached hydrogens (tertiary/aromatic N) is 2. The van der Waals surface area contributed by atoms with Gasteiger partial charge in [-0.05, 0) is 6.07 Å². The van der Waals surface area contributed by atoms with Gasteiger partial charge < -0.3 is 4.74 Å². The van der Waals surface area contributed by atoms with Crippen LogP contribution in [0.25, 0.3) is 0 Å². The minimum Gasteiger partial charge on any atom is -0.464 e. The standard InChI is InChI=1S/C7H6N2O4/c1-13-7(10)6-5(9(11)12)3-2-4-8-6/h2-4H,1H3. The Hall–Kier alpha value is -1.98. The first-order valence-corrected chi connectivity index (χ1v) is 3.34. The highest BCUT2D eigenvalue weighted by atomic mass is 16.6. The molecule has 0 aliphatic carbocycles. The van der Waals surface area contributed by atoms with Gasteiger partial charge in [0.05, 0.1) is 12.0 Å². The first-order valence-electron chi connectivity index (χ1n) is 3.34. The van der Waals surface area contributed by atoms with Gasteiger partial charge in [-0.25, -0.2) is 9.78 Å². The summed E-state index contributed by atoms with van der Waals surface area (Å²) in [6.45, 7) is 0. The van der Waals surface area contributed by atoms with Crippen LogP contribution in [-0.2, 0) is 4.74 Å². The van der Waals surface area contributed by atoms with Gasteiger partial charge in [-0.1, -0.05) is 0 Å². The van der Waals surface area contributed by atoms with Gasteiger partial charge in [-0.2, -0.15) is 0 Å². The van der Waals surface area contributed by atoms with Crippen LogP contribution in [0.3, 0.4) is 0 Å². The van der Waals surface area contributed by atoms with Crippen molar-refractivity contribution in [1.82, 2.24) is 4.98 Å². The van der Waals surface area contributed by atoms with E-state index in [1.807, 2.05) is 0 Å². The molecule has 1 aromatic rings. The summed E-state index contributed by atoms with van der Waals surface area (Å²) < 4.78 is 4.32. The van der Waals surface area contributed by atoms with E-state index >= 15 is 0 Å². The SMILES string of the molecule is COC(=O)c1ncccc1[N+](=O)[O-]. The third-order valence-corrected chi connectivity index (χ3v) is 1.36. The number of ether oxygens (including phenoxy) is 1. The predicted molar refractivity (Wildman–Crippen MR) is 42.2 cm³/mol. The molecule has 13 heavy (non-hydrogen) atoms. The van der Waals surface area contributed by atoms with E-state index in [0.717, 1.165) is 7.11 Å². The number of hydrogen-bond donors (Lipinski definition) is 0. The molecule has 0 amide bonds. The molecular weight excluding hydrogens is 176 g/mol.